The van der Waals surface area contributed by atoms with Gasteiger partial charge < -0.3 is 0 Å². The van der Waals surface area contributed by atoms with E-state index in [0.29, 0.717) is 12.0 Å². The molecule has 2 rings (SSSR count). The first-order valence-corrected chi connectivity index (χ1v) is 6.39. The maximum absolute atomic E-state index is 11.9. The lowest BCUT2D eigenvalue weighted by Crippen LogP contribution is -2.53. The molecule has 0 heterocycles. The lowest BCUT2D eigenvalue weighted by atomic mass is 10.0. The van der Waals surface area contributed by atoms with E-state index >= 15 is 0 Å². The zero-order chi connectivity index (χ0) is 11.7. The van der Waals surface area contributed by atoms with E-state index in [0.717, 1.165) is 12.5 Å². The number of amides is 1. The quantitative estimate of drug-likeness (QED) is 0.401. The van der Waals surface area contributed by atoms with Crippen molar-refractivity contribution < 1.29 is 4.79 Å². The van der Waals surface area contributed by atoms with Crippen LogP contribution in [-0.4, -0.2) is 29.4 Å². The average Bonchev–Trinajstić information content (AvgIpc) is 3.08. The Balaban J connectivity index is 2.03. The maximum Gasteiger partial charge on any atom is 0.251 e. The molecule has 4 heteroatoms. The van der Waals surface area contributed by atoms with Crippen molar-refractivity contribution in [2.75, 3.05) is 6.54 Å². The third-order valence-corrected chi connectivity index (χ3v) is 3.58. The molecular weight excluding hydrogens is 202 g/mol. The molecule has 16 heavy (non-hydrogen) atoms. The number of hydrogen-bond donors (Lipinski definition) is 2. The van der Waals surface area contributed by atoms with Crippen LogP contribution in [0.4, 0.5) is 0 Å². The van der Waals surface area contributed by atoms with Gasteiger partial charge in [0, 0.05) is 12.6 Å². The molecular formula is C12H23N3O. The Kier molecular flexibility index (Phi) is 3.50. The van der Waals surface area contributed by atoms with Crippen molar-refractivity contribution in [2.45, 2.75) is 51.6 Å². The lowest BCUT2D eigenvalue weighted by Gasteiger charge is -2.33. The van der Waals surface area contributed by atoms with Gasteiger partial charge >= 0.3 is 0 Å². The van der Waals surface area contributed by atoms with Crippen molar-refractivity contribution in [2.24, 2.45) is 17.7 Å². The largest absolute Gasteiger partial charge is 0.293 e. The SMILES string of the molecule is CC(C)C(C(=O)NN)N(CC1CC1)C1CC1. The molecule has 2 aliphatic rings. The zero-order valence-electron chi connectivity index (χ0n) is 10.3. The number of hydrazine groups is 1. The second-order valence-corrected chi connectivity index (χ2v) is 5.57. The van der Waals surface area contributed by atoms with Gasteiger partial charge in [-0.2, -0.15) is 0 Å². The Morgan fingerprint density at radius 3 is 2.38 bits per heavy atom. The van der Waals surface area contributed by atoms with E-state index in [1.807, 2.05) is 0 Å². The molecule has 0 aliphatic heterocycles. The molecule has 1 atom stereocenters. The number of hydrogen-bond acceptors (Lipinski definition) is 3. The van der Waals surface area contributed by atoms with Crippen LogP contribution in [0.2, 0.25) is 0 Å². The first-order valence-electron chi connectivity index (χ1n) is 6.39. The summed E-state index contributed by atoms with van der Waals surface area (Å²) in [7, 11) is 0. The summed E-state index contributed by atoms with van der Waals surface area (Å²) in [6.45, 7) is 5.28. The van der Waals surface area contributed by atoms with Gasteiger partial charge in [0.15, 0.2) is 0 Å². The van der Waals surface area contributed by atoms with Crippen LogP contribution in [0.15, 0.2) is 0 Å². The highest BCUT2D eigenvalue weighted by molar-refractivity contribution is 5.81. The minimum atomic E-state index is -0.0434. The van der Waals surface area contributed by atoms with E-state index in [1.165, 1.54) is 25.7 Å². The molecule has 0 bridgehead atoms. The standard InChI is InChI=1S/C12H23N3O/c1-8(2)11(12(16)14-13)15(10-5-6-10)7-9-3-4-9/h8-11H,3-7,13H2,1-2H3,(H,14,16). The zero-order valence-corrected chi connectivity index (χ0v) is 10.3. The Labute approximate surface area is 97.5 Å². The highest BCUT2D eigenvalue weighted by Crippen LogP contribution is 2.37. The van der Waals surface area contributed by atoms with Crippen LogP contribution in [0.25, 0.3) is 0 Å². The van der Waals surface area contributed by atoms with Crippen molar-refractivity contribution in [1.82, 2.24) is 10.3 Å². The molecule has 2 saturated carbocycles. The van der Waals surface area contributed by atoms with Gasteiger partial charge in [-0.3, -0.25) is 15.1 Å². The Morgan fingerprint density at radius 2 is 2.00 bits per heavy atom. The molecule has 0 radical (unpaired) electrons. The second-order valence-electron chi connectivity index (χ2n) is 5.57. The minimum Gasteiger partial charge on any atom is -0.293 e. The Bertz CT molecular complexity index is 259. The summed E-state index contributed by atoms with van der Waals surface area (Å²) < 4.78 is 0. The molecule has 92 valence electrons. The van der Waals surface area contributed by atoms with Gasteiger partial charge in [-0.15, -0.1) is 0 Å². The van der Waals surface area contributed by atoms with Gasteiger partial charge in [-0.25, -0.2) is 5.84 Å². The van der Waals surface area contributed by atoms with Crippen LogP contribution in [0.3, 0.4) is 0 Å². The molecule has 2 aliphatic carbocycles. The molecule has 0 spiro atoms. The van der Waals surface area contributed by atoms with E-state index in [1.54, 1.807) is 0 Å². The molecule has 4 nitrogen and oxygen atoms in total. The fourth-order valence-corrected chi connectivity index (χ4v) is 2.42. The second kappa shape index (κ2) is 4.72. The number of carbonyl (C=O) groups excluding carboxylic acids is 1. The first-order chi connectivity index (χ1) is 7.63. The third-order valence-electron chi connectivity index (χ3n) is 3.58. The van der Waals surface area contributed by atoms with E-state index in [4.69, 9.17) is 5.84 Å². The highest BCUT2D eigenvalue weighted by atomic mass is 16.2. The van der Waals surface area contributed by atoms with Crippen LogP contribution in [0.5, 0.6) is 0 Å². The van der Waals surface area contributed by atoms with Crippen LogP contribution in [0, 0.1) is 11.8 Å². The van der Waals surface area contributed by atoms with Crippen LogP contribution < -0.4 is 11.3 Å². The van der Waals surface area contributed by atoms with E-state index in [9.17, 15) is 4.79 Å². The maximum atomic E-state index is 11.9. The van der Waals surface area contributed by atoms with Gasteiger partial charge in [0.2, 0.25) is 0 Å². The number of nitrogens with two attached hydrogens (primary N) is 1. The van der Waals surface area contributed by atoms with Crippen LogP contribution in [0.1, 0.15) is 39.5 Å². The van der Waals surface area contributed by atoms with E-state index in [2.05, 4.69) is 24.2 Å². The van der Waals surface area contributed by atoms with E-state index in [-0.39, 0.29) is 11.9 Å². The van der Waals surface area contributed by atoms with Crippen molar-refractivity contribution in [1.29, 1.82) is 0 Å². The summed E-state index contributed by atoms with van der Waals surface area (Å²) in [5, 5.41) is 0. The number of carbonyl (C=O) groups is 1. The topological polar surface area (TPSA) is 58.4 Å². The summed E-state index contributed by atoms with van der Waals surface area (Å²) in [5.41, 5.74) is 2.32. The Hall–Kier alpha value is -0.610. The van der Waals surface area contributed by atoms with Crippen LogP contribution in [-0.2, 0) is 4.79 Å². The summed E-state index contributed by atoms with van der Waals surface area (Å²) in [6.07, 6.45) is 5.15. The fourth-order valence-electron chi connectivity index (χ4n) is 2.42. The van der Waals surface area contributed by atoms with Gasteiger partial charge in [0.05, 0.1) is 6.04 Å². The lowest BCUT2D eigenvalue weighted by molar-refractivity contribution is -0.128. The van der Waals surface area contributed by atoms with Crippen molar-refractivity contribution >= 4 is 5.91 Å². The molecule has 0 saturated heterocycles. The van der Waals surface area contributed by atoms with Crippen molar-refractivity contribution in [3.8, 4) is 0 Å². The fraction of sp³-hybridized carbons (Fsp3) is 0.917. The average molecular weight is 225 g/mol. The predicted octanol–water partition coefficient (Wildman–Crippen LogP) is 0.875. The monoisotopic (exact) mass is 225 g/mol. The number of nitrogens with zero attached hydrogens (tertiary/aromatic N) is 1. The molecule has 1 unspecified atom stereocenters. The first kappa shape index (κ1) is 11.9. The molecule has 3 N–H and O–H groups in total. The molecule has 1 amide bonds. The number of nitrogens with one attached hydrogen (secondary N) is 1. The minimum absolute atomic E-state index is 0.0254. The van der Waals surface area contributed by atoms with Crippen molar-refractivity contribution in [3.63, 3.8) is 0 Å². The third kappa shape index (κ3) is 2.74. The summed E-state index contributed by atoms with van der Waals surface area (Å²) >= 11 is 0. The molecule has 0 aromatic rings. The summed E-state index contributed by atoms with van der Waals surface area (Å²) in [5.74, 6) is 6.41. The van der Waals surface area contributed by atoms with Gasteiger partial charge in [0.25, 0.3) is 5.91 Å². The van der Waals surface area contributed by atoms with Crippen molar-refractivity contribution in [3.05, 3.63) is 0 Å². The normalized spacial score (nSPS) is 22.6. The van der Waals surface area contributed by atoms with Crippen LogP contribution >= 0.6 is 0 Å². The van der Waals surface area contributed by atoms with Gasteiger partial charge in [0.1, 0.15) is 0 Å². The summed E-state index contributed by atoms with van der Waals surface area (Å²) in [4.78, 5) is 14.2. The number of rotatable bonds is 6. The van der Waals surface area contributed by atoms with Gasteiger partial charge in [-0.1, -0.05) is 13.8 Å². The van der Waals surface area contributed by atoms with E-state index < -0.39 is 0 Å². The highest BCUT2D eigenvalue weighted by Gasteiger charge is 2.41. The smallest absolute Gasteiger partial charge is 0.251 e. The molecule has 0 aromatic heterocycles. The van der Waals surface area contributed by atoms with Gasteiger partial charge in [-0.05, 0) is 37.5 Å². The molecule has 2 fully saturated rings. The predicted molar refractivity (Wildman–Crippen MR) is 63.4 cm³/mol. The summed E-state index contributed by atoms with van der Waals surface area (Å²) in [6, 6.07) is 0.586. The Morgan fingerprint density at radius 1 is 1.38 bits per heavy atom. The molecule has 0 aromatic carbocycles.